The van der Waals surface area contributed by atoms with Crippen LogP contribution in [0.5, 0.6) is 5.75 Å². The van der Waals surface area contributed by atoms with Crippen molar-refractivity contribution in [1.82, 2.24) is 21.3 Å². The lowest BCUT2D eigenvalue weighted by molar-refractivity contribution is -0.708. The van der Waals surface area contributed by atoms with Gasteiger partial charge in [-0.25, -0.2) is 9.36 Å². The number of phenols is 1. The lowest BCUT2D eigenvalue weighted by atomic mass is 9.90. The van der Waals surface area contributed by atoms with Gasteiger partial charge in [-0.2, -0.15) is 0 Å². The lowest BCUT2D eigenvalue weighted by Crippen LogP contribution is -2.48. The van der Waals surface area contributed by atoms with Crippen LogP contribution in [-0.4, -0.2) is 61.1 Å². The fraction of sp³-hybridized carbons (Fsp3) is 0.340. The Bertz CT molecular complexity index is 2380. The Balaban J connectivity index is 0.861. The van der Waals surface area contributed by atoms with Gasteiger partial charge in [0.05, 0.1) is 5.92 Å². The van der Waals surface area contributed by atoms with Crippen LogP contribution in [0.1, 0.15) is 94.8 Å². The summed E-state index contributed by atoms with van der Waals surface area (Å²) in [5.41, 5.74) is 17.9. The molecule has 0 unspecified atom stereocenters. The van der Waals surface area contributed by atoms with E-state index in [1.807, 2.05) is 60.7 Å². The molecule has 4 amide bonds. The average Bonchev–Trinajstić information content (AvgIpc) is 3.30. The molecule has 0 saturated carbocycles. The van der Waals surface area contributed by atoms with Crippen molar-refractivity contribution in [3.8, 4) is 5.75 Å². The number of nitrogens with one attached hydrogen (secondary N) is 4. The third-order valence-corrected chi connectivity index (χ3v) is 12.3. The zero-order valence-corrected chi connectivity index (χ0v) is 37.7. The van der Waals surface area contributed by atoms with E-state index in [1.54, 1.807) is 24.3 Å². The SMILES string of the molecule is Cc1cc(/C=C/c2cc3c4c(c2)CCCN4CCC3)cc(C)[n+]1CCCCNC(=O)NC(N)=NCCC[C@@H](NC(=O)C(c1ccccc1)c1ccccc1)C(=O)NCc1ccc(O)cc1. The number of aryl methyl sites for hydroxylation is 4. The van der Waals surface area contributed by atoms with Crippen molar-refractivity contribution >= 4 is 41.6 Å². The standard InChI is InChI=1S/C53H62N8O4/c1-37-32-40(21-22-41-34-44-18-12-29-60-30-13-19-45(35-41)49(44)60)33-38(2)61(37)31-10-9-27-56-53(65)59-52(54)55-28-11-20-47(50(63)57-36-39-23-25-46(62)26-24-39)58-51(64)48(42-14-5-3-6-15-42)43-16-7-4-8-17-43/h3-8,14-17,21-26,32-35,47-48H,9-13,18-20,27-31,36H2,1-2H3,(H6-,54,55,56,57,58,59,62,63,64,65)/p+1/t47-/m1/s1. The molecule has 65 heavy (non-hydrogen) atoms. The van der Waals surface area contributed by atoms with Crippen molar-refractivity contribution in [2.24, 2.45) is 10.7 Å². The molecule has 7 rings (SSSR count). The maximum absolute atomic E-state index is 14.0. The van der Waals surface area contributed by atoms with Crippen molar-refractivity contribution < 1.29 is 24.1 Å². The molecule has 12 heteroatoms. The number of guanidine groups is 1. The molecule has 0 aliphatic carbocycles. The highest BCUT2D eigenvalue weighted by Crippen LogP contribution is 2.36. The summed E-state index contributed by atoms with van der Waals surface area (Å²) in [4.78, 5) is 47.1. The van der Waals surface area contributed by atoms with Gasteiger partial charge >= 0.3 is 6.03 Å². The molecule has 3 heterocycles. The Morgan fingerprint density at radius 3 is 1.98 bits per heavy atom. The van der Waals surface area contributed by atoms with Crippen LogP contribution in [0.25, 0.3) is 12.2 Å². The molecule has 0 fully saturated rings. The molecule has 0 spiro atoms. The number of rotatable bonds is 18. The van der Waals surface area contributed by atoms with Gasteiger partial charge < -0.3 is 31.7 Å². The van der Waals surface area contributed by atoms with Crippen molar-refractivity contribution in [3.05, 3.63) is 160 Å². The minimum absolute atomic E-state index is 0.0306. The Morgan fingerprint density at radius 2 is 1.37 bits per heavy atom. The number of hydrogen-bond donors (Lipinski definition) is 6. The van der Waals surface area contributed by atoms with Crippen LogP contribution in [0.2, 0.25) is 0 Å². The number of pyridine rings is 1. The zero-order valence-electron chi connectivity index (χ0n) is 37.7. The molecular weight excluding hydrogens is 813 g/mol. The summed E-state index contributed by atoms with van der Waals surface area (Å²) >= 11 is 0. The number of aromatic nitrogens is 1. The summed E-state index contributed by atoms with van der Waals surface area (Å²) in [6, 6.07) is 33.4. The molecule has 5 aromatic rings. The fourth-order valence-corrected chi connectivity index (χ4v) is 9.05. The van der Waals surface area contributed by atoms with E-state index in [1.165, 1.54) is 78.1 Å². The number of carbonyl (C=O) groups excluding carboxylic acids is 3. The van der Waals surface area contributed by atoms with Gasteiger partial charge in [0.15, 0.2) is 17.3 Å². The zero-order chi connectivity index (χ0) is 45.5. The number of urea groups is 1. The van der Waals surface area contributed by atoms with Gasteiger partial charge in [0, 0.05) is 70.8 Å². The third kappa shape index (κ3) is 12.8. The van der Waals surface area contributed by atoms with E-state index >= 15 is 0 Å². The molecule has 7 N–H and O–H groups in total. The maximum Gasteiger partial charge on any atom is 0.321 e. The number of benzene rings is 4. The van der Waals surface area contributed by atoms with Crippen molar-refractivity contribution in [2.75, 3.05) is 31.1 Å². The predicted molar refractivity (Wildman–Crippen MR) is 258 cm³/mol. The number of nitrogens with two attached hydrogens (primary N) is 1. The maximum atomic E-state index is 14.0. The first-order chi connectivity index (χ1) is 31.6. The van der Waals surface area contributed by atoms with Crippen LogP contribution in [0.3, 0.4) is 0 Å². The molecule has 4 aromatic carbocycles. The van der Waals surface area contributed by atoms with E-state index in [2.05, 4.69) is 86.0 Å². The van der Waals surface area contributed by atoms with Crippen LogP contribution in [0.15, 0.2) is 114 Å². The quantitative estimate of drug-likeness (QED) is 0.0241. The molecule has 338 valence electrons. The van der Waals surface area contributed by atoms with Crippen LogP contribution >= 0.6 is 0 Å². The van der Waals surface area contributed by atoms with Crippen LogP contribution < -0.4 is 36.5 Å². The van der Waals surface area contributed by atoms with Crippen LogP contribution in [0.4, 0.5) is 10.5 Å². The number of anilines is 1. The smallest absolute Gasteiger partial charge is 0.321 e. The second kappa shape index (κ2) is 22.6. The number of carbonyl (C=O) groups is 3. The molecule has 1 atom stereocenters. The van der Waals surface area contributed by atoms with Crippen LogP contribution in [0, 0.1) is 13.8 Å². The Kier molecular flexibility index (Phi) is 16.0. The number of aromatic hydroxyl groups is 1. The summed E-state index contributed by atoms with van der Waals surface area (Å²) in [5.74, 6) is -1.18. The Hall–Kier alpha value is -6.95. The number of amides is 4. The minimum atomic E-state index is -0.869. The van der Waals surface area contributed by atoms with Gasteiger partial charge in [0.1, 0.15) is 18.3 Å². The number of unbranched alkanes of at least 4 members (excludes halogenated alkanes) is 1. The topological polar surface area (TPSA) is 165 Å². The molecule has 0 radical (unpaired) electrons. The normalized spacial score (nSPS) is 13.9. The van der Waals surface area contributed by atoms with Gasteiger partial charge in [-0.05, 0) is 108 Å². The summed E-state index contributed by atoms with van der Waals surface area (Å²) in [7, 11) is 0. The average molecular weight is 876 g/mol. The Morgan fingerprint density at radius 1 is 0.769 bits per heavy atom. The first-order valence-electron chi connectivity index (χ1n) is 23.0. The van der Waals surface area contributed by atoms with E-state index in [9.17, 15) is 19.5 Å². The highest BCUT2D eigenvalue weighted by atomic mass is 16.3. The number of aliphatic imine (C=N–C) groups is 1. The largest absolute Gasteiger partial charge is 0.508 e. The summed E-state index contributed by atoms with van der Waals surface area (Å²) < 4.78 is 2.32. The minimum Gasteiger partial charge on any atom is -0.508 e. The van der Waals surface area contributed by atoms with Crippen molar-refractivity contribution in [3.63, 3.8) is 0 Å². The molecular formula is C53H63N8O4+. The highest BCUT2D eigenvalue weighted by Gasteiger charge is 2.28. The third-order valence-electron chi connectivity index (χ3n) is 12.3. The fourth-order valence-electron chi connectivity index (χ4n) is 9.05. The second-order valence-electron chi connectivity index (χ2n) is 17.1. The number of hydrogen-bond acceptors (Lipinski definition) is 6. The van der Waals surface area contributed by atoms with E-state index in [-0.39, 0.29) is 43.0 Å². The summed E-state index contributed by atoms with van der Waals surface area (Å²) in [6.07, 6.45) is 11.6. The summed E-state index contributed by atoms with van der Waals surface area (Å²) in [6.45, 7) is 8.43. The summed E-state index contributed by atoms with van der Waals surface area (Å²) in [5, 5.41) is 21.1. The van der Waals surface area contributed by atoms with Gasteiger partial charge in [-0.1, -0.05) is 84.9 Å². The lowest BCUT2D eigenvalue weighted by Gasteiger charge is -2.37. The van der Waals surface area contributed by atoms with Gasteiger partial charge in [-0.3, -0.25) is 19.9 Å². The Labute approximate surface area is 383 Å². The predicted octanol–water partition coefficient (Wildman–Crippen LogP) is 6.97. The van der Waals surface area contributed by atoms with E-state index < -0.39 is 18.0 Å². The second-order valence-corrected chi connectivity index (χ2v) is 17.1. The molecule has 2 aliphatic heterocycles. The van der Waals surface area contributed by atoms with E-state index in [0.29, 0.717) is 13.0 Å². The molecule has 2 aliphatic rings. The van der Waals surface area contributed by atoms with Crippen LogP contribution in [-0.2, 0) is 35.5 Å². The van der Waals surface area contributed by atoms with E-state index in [4.69, 9.17) is 5.73 Å². The highest BCUT2D eigenvalue weighted by molar-refractivity contribution is 5.95. The van der Waals surface area contributed by atoms with Gasteiger partial charge in [-0.15, -0.1) is 0 Å². The molecule has 0 bridgehead atoms. The first-order valence-corrected chi connectivity index (χ1v) is 23.0. The molecule has 0 saturated heterocycles. The number of phenolic OH excluding ortho intramolecular Hbond substituents is 1. The number of nitrogens with zero attached hydrogens (tertiary/aromatic N) is 3. The van der Waals surface area contributed by atoms with Crippen molar-refractivity contribution in [1.29, 1.82) is 0 Å². The molecule has 1 aromatic heterocycles. The monoisotopic (exact) mass is 875 g/mol. The van der Waals surface area contributed by atoms with Crippen molar-refractivity contribution in [2.45, 2.75) is 90.3 Å². The molecule has 12 nitrogen and oxygen atoms in total. The van der Waals surface area contributed by atoms with Gasteiger partial charge in [0.2, 0.25) is 11.8 Å². The first kappa shape index (κ1) is 46.1. The van der Waals surface area contributed by atoms with E-state index in [0.717, 1.165) is 36.1 Å². The van der Waals surface area contributed by atoms with Gasteiger partial charge in [0.25, 0.3) is 0 Å².